The Labute approximate surface area is 554 Å². The molecule has 93 heavy (non-hydrogen) atoms. The summed E-state index contributed by atoms with van der Waals surface area (Å²) in [5.41, 5.74) is 1.02. The minimum atomic E-state index is -1.65. The normalized spacial score (nSPS) is 17.0. The molecule has 1 aliphatic heterocycles. The van der Waals surface area contributed by atoms with E-state index in [1.165, 1.54) is 72.7 Å². The lowest BCUT2D eigenvalue weighted by Gasteiger charge is -2.28. The highest BCUT2D eigenvalue weighted by atomic mass is 32.1. The Hall–Kier alpha value is -9.42. The molecule has 28 nitrogen and oxygen atoms in total. The van der Waals surface area contributed by atoms with Crippen LogP contribution in [0.4, 0.5) is 5.69 Å². The number of carboxylic acids is 1. The summed E-state index contributed by atoms with van der Waals surface area (Å²) in [5, 5.41) is 61.8. The van der Waals surface area contributed by atoms with Gasteiger partial charge in [-0.2, -0.15) is 0 Å². The number of aromatic nitrogens is 7. The number of nitrogens with zero attached hydrogens (tertiary/aromatic N) is 9. The molecule has 9 N–H and O–H groups in total. The Morgan fingerprint density at radius 1 is 0.710 bits per heavy atom. The van der Waals surface area contributed by atoms with Crippen molar-refractivity contribution in [3.8, 4) is 43.4 Å². The lowest BCUT2D eigenvalue weighted by atomic mass is 9.99. The van der Waals surface area contributed by atoms with E-state index in [2.05, 4.69) is 57.0 Å². The average Bonchev–Trinajstić information content (AvgIpc) is 1.71. The fourth-order valence-corrected chi connectivity index (χ4v) is 13.8. The van der Waals surface area contributed by atoms with E-state index in [1.54, 1.807) is 67.9 Å². The number of aliphatic hydroxyl groups is 2. The van der Waals surface area contributed by atoms with Crippen LogP contribution in [-0.4, -0.2) is 154 Å². The van der Waals surface area contributed by atoms with Crippen molar-refractivity contribution in [3.05, 3.63) is 130 Å². The monoisotopic (exact) mass is 1380 g/mol. The molecule has 1 aliphatic rings. The zero-order valence-electron chi connectivity index (χ0n) is 50.8. The summed E-state index contributed by atoms with van der Waals surface area (Å²) in [6.07, 6.45) is 0.391. The number of thiazole rings is 6. The minimum Gasteiger partial charge on any atom is -0.479 e. The molecule has 8 aromatic rings. The van der Waals surface area contributed by atoms with Crippen molar-refractivity contribution in [1.29, 1.82) is 0 Å². The second-order valence-corrected chi connectivity index (χ2v) is 26.4. The molecule has 8 heterocycles. The predicted molar refractivity (Wildman–Crippen MR) is 351 cm³/mol. The fraction of sp³-hybridized carbons (Fsp3) is 0.288. The quantitative estimate of drug-likeness (QED) is 0.0210. The van der Waals surface area contributed by atoms with Crippen molar-refractivity contribution < 1.29 is 63.3 Å². The number of oxime groups is 1. The largest absolute Gasteiger partial charge is 0.479 e. The van der Waals surface area contributed by atoms with E-state index < -0.39 is 89.9 Å². The SMILES string of the molecule is C/C=C(\NC(=O)c1csc(-c2csc(-c3ccc4c(n3)-c3csc(n3)C(C(C)OC(=O)c3ccc(N(C)C)cc3)NC(=O)c3csc(n3)C(C(C)(C)O)NC(=O)c3csc(n3)/C(=C/C)NC(=O)C(C(C)O)NC(=O)c3csc-4n3)n2)n1)C(=O)NC/C(C)=N/OCC(=O)O. The van der Waals surface area contributed by atoms with Crippen LogP contribution in [0.5, 0.6) is 0 Å². The van der Waals surface area contributed by atoms with Gasteiger partial charge in [0.05, 0.1) is 40.9 Å². The number of nitrogens with one attached hydrogen (secondary N) is 6. The Morgan fingerprint density at radius 2 is 1.29 bits per heavy atom. The van der Waals surface area contributed by atoms with E-state index >= 15 is 0 Å². The third kappa shape index (κ3) is 16.4. The van der Waals surface area contributed by atoms with Crippen LogP contribution >= 0.6 is 68.0 Å². The van der Waals surface area contributed by atoms with Gasteiger partial charge in [0.15, 0.2) is 0 Å². The summed E-state index contributed by atoms with van der Waals surface area (Å²) in [6, 6.07) is 6.27. The smallest absolute Gasteiger partial charge is 0.344 e. The van der Waals surface area contributed by atoms with E-state index in [-0.39, 0.29) is 83.4 Å². The summed E-state index contributed by atoms with van der Waals surface area (Å²) < 4.78 is 6.08. The van der Waals surface area contributed by atoms with Crippen LogP contribution in [0.25, 0.3) is 49.1 Å². The Morgan fingerprint density at radius 3 is 1.96 bits per heavy atom. The molecule has 1 aromatic carbocycles. The number of amides is 6. The van der Waals surface area contributed by atoms with E-state index in [4.69, 9.17) is 29.6 Å². The molecule has 0 saturated heterocycles. The van der Waals surface area contributed by atoms with Crippen molar-refractivity contribution in [2.75, 3.05) is 32.1 Å². The number of esters is 1. The standard InChI is InChI=1S/C59H59N15O13S6/c1-10-32(46(78)60-18-26(3)73-86-19-41(76)77)62-47(79)36-22-90-55(67-36)40-25-91-54(69-40)34-17-16-31-44(61-34)35-20-92-56(64-35)43(28(5)87-58(84)29-12-14-30(15-13-29)74(8)9)71-49(81)38-24-93-57(68-38)45(59(6,7)85)72-50(82)39-23-89-53(66-39)33(11-2)63-51(83)42(27(4)75)70-48(80)37-21-88-52(31)65-37/h10-17,20-25,27-28,42-43,45,75,85H,18-19H2,1-9H3,(H,60,78)(H,62,79)(H,63,83)(H,70,80)(H,71,81)(H,72,82)(H,76,77)/b32-10-,33-11-,73-26+. The minimum absolute atomic E-state index is 0.0161. The first kappa shape index (κ1) is 68.0. The number of fused-ring (bicyclic) bond motifs is 11. The van der Waals surface area contributed by atoms with Gasteiger partial charge in [-0.05, 0) is 84.9 Å². The molecular weight excluding hydrogens is 1320 g/mol. The number of aliphatic carboxylic acids is 1. The number of hydrogen-bond acceptors (Lipinski definition) is 27. The van der Waals surface area contributed by atoms with Gasteiger partial charge in [0, 0.05) is 57.6 Å². The summed E-state index contributed by atoms with van der Waals surface area (Å²) in [6.45, 7) is 9.75. The highest BCUT2D eigenvalue weighted by Gasteiger charge is 2.36. The molecule has 0 saturated carbocycles. The molecule has 0 aliphatic carbocycles. The lowest BCUT2D eigenvalue weighted by molar-refractivity contribution is -0.142. The van der Waals surface area contributed by atoms with E-state index in [9.17, 15) is 48.6 Å². The van der Waals surface area contributed by atoms with Crippen molar-refractivity contribution >= 4 is 132 Å². The van der Waals surface area contributed by atoms with Gasteiger partial charge in [-0.15, -0.1) is 68.0 Å². The van der Waals surface area contributed by atoms with Crippen LogP contribution in [0.1, 0.15) is 128 Å². The molecule has 34 heteroatoms. The number of rotatable bonds is 16. The number of pyridine rings is 1. The van der Waals surface area contributed by atoms with Crippen molar-refractivity contribution in [2.24, 2.45) is 5.16 Å². The fourth-order valence-electron chi connectivity index (χ4n) is 8.60. The molecular formula is C59H59N15O13S6. The number of benzene rings is 1. The van der Waals surface area contributed by atoms with E-state index in [0.29, 0.717) is 27.0 Å². The number of carbonyl (C=O) groups is 8. The van der Waals surface area contributed by atoms with Gasteiger partial charge in [0.1, 0.15) is 99.8 Å². The highest BCUT2D eigenvalue weighted by Crippen LogP contribution is 2.39. The maximum Gasteiger partial charge on any atom is 0.344 e. The summed E-state index contributed by atoms with van der Waals surface area (Å²) >= 11 is 6.52. The third-order valence-electron chi connectivity index (χ3n) is 13.5. The maximum absolute atomic E-state index is 14.6. The summed E-state index contributed by atoms with van der Waals surface area (Å²) in [7, 11) is 3.72. The molecule has 0 radical (unpaired) electrons. The Balaban J connectivity index is 1.08. The molecule has 7 aromatic heterocycles. The number of carboxylic acid groups (broad SMARTS) is 1. The molecule has 5 atom stereocenters. The topological polar surface area (TPSA) is 394 Å². The van der Waals surface area contributed by atoms with Crippen LogP contribution in [0.15, 0.2) is 91.7 Å². The Bertz CT molecular complexity index is 4250. The molecule has 0 fully saturated rings. The number of carbonyl (C=O) groups excluding carboxylic acids is 7. The van der Waals surface area contributed by atoms with Gasteiger partial charge in [0.2, 0.25) is 12.5 Å². The first-order valence-electron chi connectivity index (χ1n) is 28.0. The summed E-state index contributed by atoms with van der Waals surface area (Å²) in [5.74, 6) is -6.33. The van der Waals surface area contributed by atoms with Crippen LogP contribution in [0, 0.1) is 0 Å². The number of anilines is 1. The second kappa shape index (κ2) is 29.5. The van der Waals surface area contributed by atoms with Gasteiger partial charge in [0.25, 0.3) is 29.5 Å². The maximum atomic E-state index is 14.6. The zero-order chi connectivity index (χ0) is 67.0. The van der Waals surface area contributed by atoms with E-state index in [1.807, 2.05) is 19.0 Å². The molecule has 484 valence electrons. The molecule has 8 bridgehead atoms. The van der Waals surface area contributed by atoms with Crippen molar-refractivity contribution in [2.45, 2.75) is 84.4 Å². The molecule has 6 amide bonds. The zero-order valence-corrected chi connectivity index (χ0v) is 55.7. The average molecular weight is 1380 g/mol. The van der Waals surface area contributed by atoms with Gasteiger partial charge in [-0.1, -0.05) is 17.3 Å². The predicted octanol–water partition coefficient (Wildman–Crippen LogP) is 6.71. The van der Waals surface area contributed by atoms with Crippen molar-refractivity contribution in [3.63, 3.8) is 0 Å². The number of aliphatic hydroxyl groups excluding tert-OH is 1. The van der Waals surface area contributed by atoms with Gasteiger partial charge in [-0.3, -0.25) is 28.8 Å². The van der Waals surface area contributed by atoms with Gasteiger partial charge in [-0.25, -0.2) is 44.5 Å². The third-order valence-corrected chi connectivity index (χ3v) is 18.8. The van der Waals surface area contributed by atoms with Crippen LogP contribution < -0.4 is 36.8 Å². The number of ether oxygens (including phenoxy) is 1. The van der Waals surface area contributed by atoms with Gasteiger partial charge >= 0.3 is 11.9 Å². The first-order valence-corrected chi connectivity index (χ1v) is 33.2. The molecule has 5 unspecified atom stereocenters. The summed E-state index contributed by atoms with van der Waals surface area (Å²) in [4.78, 5) is 147. The van der Waals surface area contributed by atoms with Crippen LogP contribution in [-0.2, 0) is 24.0 Å². The van der Waals surface area contributed by atoms with Gasteiger partial charge < -0.3 is 61.7 Å². The molecule has 9 rings (SSSR count). The highest BCUT2D eigenvalue weighted by molar-refractivity contribution is 7.15. The number of allylic oxidation sites excluding steroid dienone is 2. The first-order chi connectivity index (χ1) is 44.3. The van der Waals surface area contributed by atoms with Crippen LogP contribution in [0.2, 0.25) is 0 Å². The lowest BCUT2D eigenvalue weighted by Crippen LogP contribution is -2.52. The van der Waals surface area contributed by atoms with E-state index in [0.717, 1.165) is 62.4 Å². The number of hydrogen-bond donors (Lipinski definition) is 9. The Kier molecular flexibility index (Phi) is 21.5. The second-order valence-electron chi connectivity index (χ2n) is 21.2. The van der Waals surface area contributed by atoms with Crippen LogP contribution in [0.3, 0.4) is 0 Å². The van der Waals surface area contributed by atoms with Crippen molar-refractivity contribution in [1.82, 2.24) is 66.8 Å². The molecule has 0 spiro atoms.